The standard InChI is InChI=1S/C9H24N3OP/c1-7(2)10-14(13,11-8(3)4)12-9(5)6/h7-9H,1-6H3,(H3,10,11,12,13). The van der Waals surface area contributed by atoms with Crippen molar-refractivity contribution in [2.24, 2.45) is 0 Å². The van der Waals surface area contributed by atoms with Crippen molar-refractivity contribution in [3.05, 3.63) is 0 Å². The molecule has 0 amide bonds. The molecule has 0 heterocycles. The van der Waals surface area contributed by atoms with Gasteiger partial charge in [0.05, 0.1) is 0 Å². The van der Waals surface area contributed by atoms with Gasteiger partial charge in [0.2, 0.25) is 0 Å². The Morgan fingerprint density at radius 3 is 1.07 bits per heavy atom. The van der Waals surface area contributed by atoms with Gasteiger partial charge in [0.25, 0.3) is 7.59 Å². The Morgan fingerprint density at radius 2 is 0.929 bits per heavy atom. The second-order valence-corrected chi connectivity index (χ2v) is 6.45. The Morgan fingerprint density at radius 1 is 0.714 bits per heavy atom. The Labute approximate surface area is 87.8 Å². The molecule has 0 aliphatic carbocycles. The molecule has 0 aliphatic heterocycles. The van der Waals surface area contributed by atoms with Crippen molar-refractivity contribution in [2.45, 2.75) is 59.7 Å². The van der Waals surface area contributed by atoms with Crippen LogP contribution in [-0.2, 0) is 4.57 Å². The number of hydrogen-bond acceptors (Lipinski definition) is 1. The van der Waals surface area contributed by atoms with E-state index in [1.165, 1.54) is 0 Å². The number of nitrogens with one attached hydrogen (secondary N) is 3. The number of hydrogen-bond donors (Lipinski definition) is 3. The maximum atomic E-state index is 12.3. The van der Waals surface area contributed by atoms with E-state index >= 15 is 0 Å². The van der Waals surface area contributed by atoms with Crippen molar-refractivity contribution in [3.63, 3.8) is 0 Å². The molecule has 0 atom stereocenters. The van der Waals surface area contributed by atoms with Crippen LogP contribution in [0.3, 0.4) is 0 Å². The third-order valence-electron chi connectivity index (χ3n) is 1.32. The molecule has 0 aromatic heterocycles. The molecule has 0 unspecified atom stereocenters. The second kappa shape index (κ2) is 5.86. The van der Waals surface area contributed by atoms with E-state index in [1.807, 2.05) is 41.5 Å². The first-order valence-electron chi connectivity index (χ1n) is 5.18. The third kappa shape index (κ3) is 6.55. The molecule has 3 N–H and O–H groups in total. The molecule has 0 aromatic carbocycles. The average Bonchev–Trinajstić information content (AvgIpc) is 1.76. The average molecular weight is 221 g/mol. The van der Waals surface area contributed by atoms with Gasteiger partial charge in [-0.05, 0) is 41.5 Å². The topological polar surface area (TPSA) is 53.2 Å². The van der Waals surface area contributed by atoms with E-state index in [0.29, 0.717) is 0 Å². The van der Waals surface area contributed by atoms with Crippen molar-refractivity contribution < 1.29 is 4.57 Å². The highest BCUT2D eigenvalue weighted by molar-refractivity contribution is 7.57. The highest BCUT2D eigenvalue weighted by atomic mass is 31.2. The van der Waals surface area contributed by atoms with Crippen LogP contribution in [0.15, 0.2) is 0 Å². The van der Waals surface area contributed by atoms with Gasteiger partial charge in [-0.15, -0.1) is 0 Å². The van der Waals surface area contributed by atoms with Gasteiger partial charge >= 0.3 is 0 Å². The predicted molar refractivity (Wildman–Crippen MR) is 62.4 cm³/mol. The molecule has 4 nitrogen and oxygen atoms in total. The molecule has 0 spiro atoms. The minimum atomic E-state index is -2.64. The first kappa shape index (κ1) is 14.1. The van der Waals surface area contributed by atoms with Crippen LogP contribution in [0.1, 0.15) is 41.5 Å². The van der Waals surface area contributed by atoms with Crippen LogP contribution in [0.2, 0.25) is 0 Å². The van der Waals surface area contributed by atoms with Crippen molar-refractivity contribution in [2.75, 3.05) is 0 Å². The third-order valence-corrected chi connectivity index (χ3v) is 3.96. The monoisotopic (exact) mass is 221 g/mol. The summed E-state index contributed by atoms with van der Waals surface area (Å²) in [5.41, 5.74) is 0. The molecule has 5 heteroatoms. The molecular weight excluding hydrogens is 197 g/mol. The lowest BCUT2D eigenvalue weighted by atomic mass is 10.4. The SMILES string of the molecule is CC(C)NP(=O)(NC(C)C)NC(C)C. The maximum Gasteiger partial charge on any atom is 0.279 e. The van der Waals surface area contributed by atoms with Crippen LogP contribution in [0, 0.1) is 0 Å². The molecule has 0 aliphatic rings. The molecule has 0 radical (unpaired) electrons. The second-order valence-electron chi connectivity index (χ2n) is 4.46. The summed E-state index contributed by atoms with van der Waals surface area (Å²) in [6, 6.07) is 0.579. The lowest BCUT2D eigenvalue weighted by Gasteiger charge is -2.27. The smallest absolute Gasteiger partial charge is 0.271 e. The molecule has 0 saturated carbocycles. The lowest BCUT2D eigenvalue weighted by Crippen LogP contribution is -2.40. The summed E-state index contributed by atoms with van der Waals surface area (Å²) in [5, 5.41) is 9.16. The molecule has 0 fully saturated rings. The van der Waals surface area contributed by atoms with Crippen molar-refractivity contribution >= 4 is 7.59 Å². The van der Waals surface area contributed by atoms with E-state index in [4.69, 9.17) is 0 Å². The maximum absolute atomic E-state index is 12.3. The summed E-state index contributed by atoms with van der Waals surface area (Å²) in [4.78, 5) is 0. The van der Waals surface area contributed by atoms with Gasteiger partial charge in [-0.2, -0.15) is 0 Å². The van der Waals surface area contributed by atoms with Crippen molar-refractivity contribution in [1.29, 1.82) is 0 Å². The van der Waals surface area contributed by atoms with E-state index < -0.39 is 7.59 Å². The van der Waals surface area contributed by atoms with Crippen LogP contribution < -0.4 is 15.3 Å². The predicted octanol–water partition coefficient (Wildman–Crippen LogP) is 2.09. The Hall–Kier alpha value is 0.110. The minimum absolute atomic E-state index is 0.193. The minimum Gasteiger partial charge on any atom is -0.271 e. The molecule has 0 rings (SSSR count). The van der Waals surface area contributed by atoms with Gasteiger partial charge in [-0.3, -0.25) is 4.57 Å². The van der Waals surface area contributed by atoms with Gasteiger partial charge in [0, 0.05) is 18.1 Å². The van der Waals surface area contributed by atoms with Gasteiger partial charge in [0.15, 0.2) is 0 Å². The molecule has 86 valence electrons. The van der Waals surface area contributed by atoms with Gasteiger partial charge in [0.1, 0.15) is 0 Å². The lowest BCUT2D eigenvalue weighted by molar-refractivity contribution is 0.512. The summed E-state index contributed by atoms with van der Waals surface area (Å²) in [7, 11) is -2.64. The molecule has 14 heavy (non-hydrogen) atoms. The summed E-state index contributed by atoms with van der Waals surface area (Å²) in [5.74, 6) is 0. The molecule has 0 saturated heterocycles. The summed E-state index contributed by atoms with van der Waals surface area (Å²) >= 11 is 0. The largest absolute Gasteiger partial charge is 0.279 e. The highest BCUT2D eigenvalue weighted by Crippen LogP contribution is 2.32. The Bertz CT molecular complexity index is 171. The van der Waals surface area contributed by atoms with Crippen LogP contribution in [0.4, 0.5) is 0 Å². The Kier molecular flexibility index (Phi) is 5.91. The van der Waals surface area contributed by atoms with Gasteiger partial charge < -0.3 is 0 Å². The quantitative estimate of drug-likeness (QED) is 0.601. The number of rotatable bonds is 6. The fourth-order valence-electron chi connectivity index (χ4n) is 1.20. The van der Waals surface area contributed by atoms with E-state index in [0.717, 1.165) is 0 Å². The highest BCUT2D eigenvalue weighted by Gasteiger charge is 2.23. The zero-order valence-corrected chi connectivity index (χ0v) is 11.0. The molecule has 0 bridgehead atoms. The van der Waals surface area contributed by atoms with E-state index in [-0.39, 0.29) is 18.1 Å². The first-order chi connectivity index (χ1) is 6.25. The summed E-state index contributed by atoms with van der Waals surface area (Å²) in [6.45, 7) is 11.9. The van der Waals surface area contributed by atoms with Crippen LogP contribution >= 0.6 is 7.59 Å². The van der Waals surface area contributed by atoms with Crippen molar-refractivity contribution in [1.82, 2.24) is 15.3 Å². The van der Waals surface area contributed by atoms with Crippen LogP contribution in [0.5, 0.6) is 0 Å². The molecule has 0 aromatic rings. The Balaban J connectivity index is 4.41. The fraction of sp³-hybridized carbons (Fsp3) is 1.00. The van der Waals surface area contributed by atoms with E-state index in [9.17, 15) is 4.57 Å². The van der Waals surface area contributed by atoms with Crippen LogP contribution in [0.25, 0.3) is 0 Å². The van der Waals surface area contributed by atoms with Crippen LogP contribution in [-0.4, -0.2) is 18.1 Å². The molecular formula is C9H24N3OP. The normalized spacial score (nSPS) is 13.2. The first-order valence-corrected chi connectivity index (χ1v) is 6.89. The van der Waals surface area contributed by atoms with Gasteiger partial charge in [-0.25, -0.2) is 15.3 Å². The van der Waals surface area contributed by atoms with E-state index in [1.54, 1.807) is 0 Å². The summed E-state index contributed by atoms with van der Waals surface area (Å²) < 4.78 is 12.3. The summed E-state index contributed by atoms with van der Waals surface area (Å²) in [6.07, 6.45) is 0. The zero-order chi connectivity index (χ0) is 11.4. The van der Waals surface area contributed by atoms with E-state index in [2.05, 4.69) is 15.3 Å². The zero-order valence-electron chi connectivity index (χ0n) is 10.1. The van der Waals surface area contributed by atoms with Crippen molar-refractivity contribution in [3.8, 4) is 0 Å². The fourth-order valence-corrected chi connectivity index (χ4v) is 3.61. The van der Waals surface area contributed by atoms with Gasteiger partial charge in [-0.1, -0.05) is 0 Å².